The number of aromatic nitrogens is 2. The summed E-state index contributed by atoms with van der Waals surface area (Å²) in [6, 6.07) is 7.02. The zero-order chi connectivity index (χ0) is 19.8. The first-order valence-electron chi connectivity index (χ1n) is 10.9. The summed E-state index contributed by atoms with van der Waals surface area (Å²) in [5.74, 6) is -0.744. The van der Waals surface area contributed by atoms with Crippen molar-refractivity contribution in [3.05, 3.63) is 36.0 Å². The van der Waals surface area contributed by atoms with E-state index in [-0.39, 0.29) is 6.54 Å². The first-order chi connectivity index (χ1) is 14.1. The molecule has 0 saturated carbocycles. The van der Waals surface area contributed by atoms with Crippen molar-refractivity contribution in [1.82, 2.24) is 19.6 Å². The monoisotopic (exact) mass is 394 g/mol. The number of hydrogen-bond acceptors (Lipinski definition) is 4. The molecule has 5 heterocycles. The molecule has 4 fully saturated rings. The van der Waals surface area contributed by atoms with E-state index >= 15 is 0 Å². The molecule has 4 saturated heterocycles. The van der Waals surface area contributed by atoms with Crippen molar-refractivity contribution < 1.29 is 9.90 Å². The highest BCUT2D eigenvalue weighted by Gasteiger charge is 2.37. The number of rotatable bonds is 5. The summed E-state index contributed by atoms with van der Waals surface area (Å²) in [6.45, 7) is 5.53. The molecule has 2 bridgehead atoms. The second kappa shape index (κ2) is 7.58. The van der Waals surface area contributed by atoms with E-state index in [1.807, 2.05) is 11.1 Å². The Hall–Kier alpha value is -2.18. The number of hydrogen-bond donors (Lipinski definition) is 1. The highest BCUT2D eigenvalue weighted by atomic mass is 16.4. The van der Waals surface area contributed by atoms with Crippen molar-refractivity contribution in [3.8, 4) is 0 Å². The Bertz CT molecular complexity index is 904. The van der Waals surface area contributed by atoms with Crippen molar-refractivity contribution >= 4 is 22.9 Å². The van der Waals surface area contributed by atoms with E-state index in [0.717, 1.165) is 25.9 Å². The average molecular weight is 395 g/mol. The van der Waals surface area contributed by atoms with Gasteiger partial charge in [0.05, 0.1) is 24.3 Å². The maximum atomic E-state index is 10.9. The normalized spacial score (nSPS) is 28.5. The maximum Gasteiger partial charge on any atom is 0.317 e. The van der Waals surface area contributed by atoms with Gasteiger partial charge in [-0.05, 0) is 74.8 Å². The number of piperidine rings is 4. The summed E-state index contributed by atoms with van der Waals surface area (Å²) >= 11 is 0. The molecule has 1 aromatic carbocycles. The van der Waals surface area contributed by atoms with Gasteiger partial charge in [-0.2, -0.15) is 5.10 Å². The number of carbonyl (C=O) groups is 1. The lowest BCUT2D eigenvalue weighted by atomic mass is 9.72. The predicted molar refractivity (Wildman–Crippen MR) is 114 cm³/mol. The Kier molecular flexibility index (Phi) is 4.92. The summed E-state index contributed by atoms with van der Waals surface area (Å²) in [6.07, 6.45) is 12.6. The third-order valence-corrected chi connectivity index (χ3v) is 7.29. The molecular formula is C23H30N4O2. The van der Waals surface area contributed by atoms with Gasteiger partial charge in [-0.3, -0.25) is 14.4 Å². The smallest absolute Gasteiger partial charge is 0.317 e. The van der Waals surface area contributed by atoms with Gasteiger partial charge in [-0.15, -0.1) is 0 Å². The molecule has 4 aliphatic rings. The van der Waals surface area contributed by atoms with Crippen LogP contribution in [0.25, 0.3) is 17.0 Å². The maximum absolute atomic E-state index is 10.9. The van der Waals surface area contributed by atoms with Gasteiger partial charge in [0.1, 0.15) is 0 Å². The Morgan fingerprint density at radius 1 is 1.14 bits per heavy atom. The van der Waals surface area contributed by atoms with Gasteiger partial charge in [0.25, 0.3) is 0 Å². The molecule has 0 unspecified atom stereocenters. The van der Waals surface area contributed by atoms with E-state index in [4.69, 9.17) is 5.11 Å². The summed E-state index contributed by atoms with van der Waals surface area (Å²) in [5, 5.41) is 14.9. The average Bonchev–Trinajstić information content (AvgIpc) is 3.17. The Balaban J connectivity index is 1.29. The Labute approximate surface area is 171 Å². The Morgan fingerprint density at radius 2 is 1.86 bits per heavy atom. The van der Waals surface area contributed by atoms with Gasteiger partial charge >= 0.3 is 5.97 Å². The number of carboxylic acids is 1. The molecule has 0 atom stereocenters. The molecule has 29 heavy (non-hydrogen) atoms. The lowest BCUT2D eigenvalue weighted by molar-refractivity contribution is -0.138. The number of likely N-dealkylation sites (tertiary alicyclic amines) is 1. The quantitative estimate of drug-likeness (QED) is 0.843. The van der Waals surface area contributed by atoms with Crippen LogP contribution in [0.3, 0.4) is 0 Å². The number of nitrogens with zero attached hydrogens (tertiary/aromatic N) is 4. The number of benzene rings is 1. The second-order valence-electron chi connectivity index (χ2n) is 9.10. The van der Waals surface area contributed by atoms with Crippen LogP contribution in [0.1, 0.15) is 43.7 Å². The molecule has 6 nitrogen and oxygen atoms in total. The van der Waals surface area contributed by atoms with Crippen LogP contribution >= 0.6 is 0 Å². The lowest BCUT2D eigenvalue weighted by Crippen LogP contribution is -2.47. The fourth-order valence-corrected chi connectivity index (χ4v) is 5.36. The van der Waals surface area contributed by atoms with E-state index in [1.54, 1.807) is 0 Å². The minimum Gasteiger partial charge on any atom is -0.480 e. The molecule has 2 aromatic rings. The molecule has 6 heteroatoms. The van der Waals surface area contributed by atoms with Crippen molar-refractivity contribution in [2.24, 2.45) is 5.41 Å². The van der Waals surface area contributed by atoms with Crippen molar-refractivity contribution in [3.63, 3.8) is 0 Å². The SMILES string of the molecule is O=C(O)CN1CCC(n2ncc3cc(/C=C/C45CCN(CC4)CC5)ccc32)CC1. The third kappa shape index (κ3) is 3.83. The Morgan fingerprint density at radius 3 is 2.55 bits per heavy atom. The molecule has 0 radical (unpaired) electrons. The predicted octanol–water partition coefficient (Wildman–Crippen LogP) is 3.26. The van der Waals surface area contributed by atoms with Crippen LogP contribution in [0.4, 0.5) is 0 Å². The van der Waals surface area contributed by atoms with Gasteiger partial charge < -0.3 is 10.0 Å². The molecule has 4 aliphatic heterocycles. The summed E-state index contributed by atoms with van der Waals surface area (Å²) in [7, 11) is 0. The third-order valence-electron chi connectivity index (χ3n) is 7.29. The topological polar surface area (TPSA) is 61.6 Å². The number of allylic oxidation sites excluding steroid dienone is 1. The highest BCUT2D eigenvalue weighted by Crippen LogP contribution is 2.41. The number of aliphatic carboxylic acids is 1. The van der Waals surface area contributed by atoms with Crippen LogP contribution < -0.4 is 0 Å². The minimum absolute atomic E-state index is 0.141. The second-order valence-corrected chi connectivity index (χ2v) is 9.10. The molecule has 0 amide bonds. The lowest BCUT2D eigenvalue weighted by Gasteiger charge is -2.47. The molecule has 1 aromatic heterocycles. The van der Waals surface area contributed by atoms with Crippen LogP contribution in [-0.4, -0.2) is 69.9 Å². The largest absolute Gasteiger partial charge is 0.480 e. The number of fused-ring (bicyclic) bond motifs is 4. The van der Waals surface area contributed by atoms with Crippen molar-refractivity contribution in [2.45, 2.75) is 38.1 Å². The molecule has 6 rings (SSSR count). The molecule has 0 spiro atoms. The van der Waals surface area contributed by atoms with Crippen LogP contribution in [0.5, 0.6) is 0 Å². The van der Waals surface area contributed by atoms with Crippen LogP contribution in [0.2, 0.25) is 0 Å². The zero-order valence-electron chi connectivity index (χ0n) is 17.0. The fraction of sp³-hybridized carbons (Fsp3) is 0.565. The fourth-order valence-electron chi connectivity index (χ4n) is 5.36. The van der Waals surface area contributed by atoms with Crippen LogP contribution in [0.15, 0.2) is 30.5 Å². The van der Waals surface area contributed by atoms with Crippen LogP contribution in [0, 0.1) is 5.41 Å². The van der Waals surface area contributed by atoms with Crippen molar-refractivity contribution in [1.29, 1.82) is 0 Å². The molecular weight excluding hydrogens is 364 g/mol. The summed E-state index contributed by atoms with van der Waals surface area (Å²) < 4.78 is 2.15. The summed E-state index contributed by atoms with van der Waals surface area (Å²) in [4.78, 5) is 15.5. The zero-order valence-corrected chi connectivity index (χ0v) is 17.0. The van der Waals surface area contributed by atoms with Gasteiger partial charge in [0.2, 0.25) is 0 Å². The van der Waals surface area contributed by atoms with E-state index in [1.165, 1.54) is 55.4 Å². The minimum atomic E-state index is -0.744. The summed E-state index contributed by atoms with van der Waals surface area (Å²) in [5.41, 5.74) is 2.86. The van der Waals surface area contributed by atoms with Crippen LogP contribution in [-0.2, 0) is 4.79 Å². The highest BCUT2D eigenvalue weighted by molar-refractivity contribution is 5.81. The van der Waals surface area contributed by atoms with Crippen molar-refractivity contribution in [2.75, 3.05) is 39.3 Å². The van der Waals surface area contributed by atoms with Gasteiger partial charge in [-0.25, -0.2) is 0 Å². The molecule has 1 N–H and O–H groups in total. The first kappa shape index (κ1) is 18.8. The van der Waals surface area contributed by atoms with E-state index in [9.17, 15) is 4.79 Å². The standard InChI is InChI=1S/C23H30N4O2/c28-22(29)17-26-10-4-20(5-11-26)27-21-2-1-18(15-19(21)16-24-27)3-6-23-7-12-25(13-8-23)14-9-23/h1-3,6,15-16,20H,4-5,7-14,17H2,(H,28,29)/b6-3+. The molecule has 154 valence electrons. The van der Waals surface area contributed by atoms with Gasteiger partial charge in [-0.1, -0.05) is 18.2 Å². The van der Waals surface area contributed by atoms with E-state index < -0.39 is 5.97 Å². The molecule has 0 aliphatic carbocycles. The van der Waals surface area contributed by atoms with Gasteiger partial charge in [0.15, 0.2) is 0 Å². The first-order valence-corrected chi connectivity index (χ1v) is 10.9. The number of carboxylic acid groups (broad SMARTS) is 1. The van der Waals surface area contributed by atoms with E-state index in [2.05, 4.69) is 45.0 Å². The van der Waals surface area contributed by atoms with E-state index in [0.29, 0.717) is 11.5 Å². The van der Waals surface area contributed by atoms with Gasteiger partial charge in [0, 0.05) is 18.5 Å².